The zero-order valence-corrected chi connectivity index (χ0v) is 12.4. The second-order valence-corrected chi connectivity index (χ2v) is 7.27. The summed E-state index contributed by atoms with van der Waals surface area (Å²) in [5, 5.41) is 3.21. The summed E-state index contributed by atoms with van der Waals surface area (Å²) in [5.74, 6) is 0.817. The molecule has 0 radical (unpaired) electrons. The third-order valence-electron chi connectivity index (χ3n) is 4.16. The molecule has 1 saturated heterocycles. The van der Waals surface area contributed by atoms with Gasteiger partial charge in [0, 0.05) is 25.6 Å². The van der Waals surface area contributed by atoms with E-state index in [-0.39, 0.29) is 0 Å². The van der Waals surface area contributed by atoms with Gasteiger partial charge < -0.3 is 10.1 Å². The van der Waals surface area contributed by atoms with Crippen molar-refractivity contribution < 1.29 is 13.2 Å². The number of hydrogen-bond acceptors (Lipinski definition) is 4. The van der Waals surface area contributed by atoms with Crippen LogP contribution in [0.15, 0.2) is 23.1 Å². The minimum atomic E-state index is -3.37. The highest BCUT2D eigenvalue weighted by Crippen LogP contribution is 2.29. The molecule has 2 aliphatic rings. The van der Waals surface area contributed by atoms with Gasteiger partial charge in [0.05, 0.1) is 11.5 Å². The lowest BCUT2D eigenvalue weighted by Crippen LogP contribution is -2.43. The van der Waals surface area contributed by atoms with Gasteiger partial charge >= 0.3 is 0 Å². The second-order valence-electron chi connectivity index (χ2n) is 5.34. The smallest absolute Gasteiger partial charge is 0.243 e. The van der Waals surface area contributed by atoms with E-state index in [9.17, 15) is 8.42 Å². The van der Waals surface area contributed by atoms with Crippen molar-refractivity contribution in [3.63, 3.8) is 0 Å². The molecule has 0 aromatic heterocycles. The van der Waals surface area contributed by atoms with E-state index < -0.39 is 10.0 Å². The molecule has 1 N–H and O–H groups in total. The molecule has 0 unspecified atom stereocenters. The van der Waals surface area contributed by atoms with Crippen molar-refractivity contribution in [3.05, 3.63) is 23.8 Å². The summed E-state index contributed by atoms with van der Waals surface area (Å²) in [6.45, 7) is 1.81. The fraction of sp³-hybridized carbons (Fsp3) is 0.571. The number of sulfonamides is 1. The van der Waals surface area contributed by atoms with Crippen LogP contribution in [0.2, 0.25) is 0 Å². The number of rotatable bonds is 3. The van der Waals surface area contributed by atoms with Gasteiger partial charge in [0.15, 0.2) is 0 Å². The Morgan fingerprint density at radius 1 is 1.30 bits per heavy atom. The lowest BCUT2D eigenvalue weighted by Gasteiger charge is -2.31. The minimum absolute atomic E-state index is 0.393. The number of nitrogens with one attached hydrogen (secondary N) is 1. The molecule has 0 amide bonds. The fourth-order valence-electron chi connectivity index (χ4n) is 2.86. The Balaban J connectivity index is 1.82. The Bertz CT molecular complexity index is 592. The molecule has 1 aromatic rings. The molecule has 2 aliphatic heterocycles. The van der Waals surface area contributed by atoms with Crippen LogP contribution in [0.3, 0.4) is 0 Å². The average Bonchev–Trinajstić information content (AvgIpc) is 2.94. The number of benzene rings is 1. The van der Waals surface area contributed by atoms with Crippen LogP contribution in [-0.4, -0.2) is 45.5 Å². The first-order valence-corrected chi connectivity index (χ1v) is 8.48. The highest BCUT2D eigenvalue weighted by atomic mass is 32.2. The Hall–Kier alpha value is -1.11. The van der Waals surface area contributed by atoms with Gasteiger partial charge in [-0.25, -0.2) is 8.42 Å². The number of fused-ring (bicyclic) bond motifs is 1. The van der Waals surface area contributed by atoms with Crippen molar-refractivity contribution in [2.24, 2.45) is 0 Å². The molecule has 1 fully saturated rings. The molecular weight excluding hydrogens is 276 g/mol. The Kier molecular flexibility index (Phi) is 3.70. The molecule has 5 nitrogen and oxygen atoms in total. The molecule has 1 aromatic carbocycles. The highest BCUT2D eigenvalue weighted by Gasteiger charge is 2.29. The fourth-order valence-corrected chi connectivity index (χ4v) is 4.38. The first kappa shape index (κ1) is 13.9. The summed E-state index contributed by atoms with van der Waals surface area (Å²) in [6.07, 6.45) is 2.52. The van der Waals surface area contributed by atoms with E-state index in [1.807, 2.05) is 7.05 Å². The summed E-state index contributed by atoms with van der Waals surface area (Å²) in [4.78, 5) is 0.393. The van der Waals surface area contributed by atoms with Gasteiger partial charge in [0.1, 0.15) is 5.75 Å². The number of nitrogens with zero attached hydrogens (tertiary/aromatic N) is 1. The van der Waals surface area contributed by atoms with Crippen molar-refractivity contribution in [3.8, 4) is 5.75 Å². The van der Waals surface area contributed by atoms with E-state index in [1.165, 1.54) is 0 Å². The number of hydrogen-bond donors (Lipinski definition) is 1. The van der Waals surface area contributed by atoms with Gasteiger partial charge in [0.25, 0.3) is 0 Å². The van der Waals surface area contributed by atoms with Gasteiger partial charge in [-0.1, -0.05) is 0 Å². The molecule has 20 heavy (non-hydrogen) atoms. The first-order valence-electron chi connectivity index (χ1n) is 7.04. The standard InChI is InChI=1S/C14H20N2O3S/c1-15-12-4-7-16(8-5-12)20(17,18)13-2-3-14-11(10-13)6-9-19-14/h2-3,10,12,15H,4-9H2,1H3. The largest absolute Gasteiger partial charge is 0.493 e. The van der Waals surface area contributed by atoms with Crippen molar-refractivity contribution in [2.75, 3.05) is 26.7 Å². The van der Waals surface area contributed by atoms with Crippen LogP contribution in [0.25, 0.3) is 0 Å². The summed E-state index contributed by atoms with van der Waals surface area (Å²) in [7, 11) is -1.44. The Morgan fingerprint density at radius 2 is 2.05 bits per heavy atom. The van der Waals surface area contributed by atoms with Gasteiger partial charge in [-0.05, 0) is 43.7 Å². The molecule has 0 saturated carbocycles. The van der Waals surface area contributed by atoms with Gasteiger partial charge in [0.2, 0.25) is 10.0 Å². The van der Waals surface area contributed by atoms with Gasteiger partial charge in [-0.3, -0.25) is 0 Å². The van der Waals surface area contributed by atoms with Gasteiger partial charge in [-0.2, -0.15) is 4.31 Å². The second kappa shape index (κ2) is 5.35. The SMILES string of the molecule is CNC1CCN(S(=O)(=O)c2ccc3c(c2)CCO3)CC1. The van der Waals surface area contributed by atoms with E-state index >= 15 is 0 Å². The minimum Gasteiger partial charge on any atom is -0.493 e. The summed E-state index contributed by atoms with van der Waals surface area (Å²) in [5.41, 5.74) is 0.996. The van der Waals surface area contributed by atoms with Crippen LogP contribution in [-0.2, 0) is 16.4 Å². The summed E-state index contributed by atoms with van der Waals surface area (Å²) >= 11 is 0. The van der Waals surface area contributed by atoms with E-state index in [0.717, 1.165) is 30.6 Å². The van der Waals surface area contributed by atoms with Crippen LogP contribution in [0, 0.1) is 0 Å². The molecule has 0 spiro atoms. The summed E-state index contributed by atoms with van der Waals surface area (Å²) in [6, 6.07) is 5.62. The van der Waals surface area contributed by atoms with Crippen LogP contribution in [0.1, 0.15) is 18.4 Å². The van der Waals surface area contributed by atoms with E-state index in [0.29, 0.717) is 30.6 Å². The Morgan fingerprint density at radius 3 is 2.75 bits per heavy atom. The maximum Gasteiger partial charge on any atom is 0.243 e. The molecule has 0 aliphatic carbocycles. The maximum absolute atomic E-state index is 12.6. The van der Waals surface area contributed by atoms with Gasteiger partial charge in [-0.15, -0.1) is 0 Å². The van der Waals surface area contributed by atoms with Crippen LogP contribution < -0.4 is 10.1 Å². The van der Waals surface area contributed by atoms with Crippen molar-refractivity contribution in [1.82, 2.24) is 9.62 Å². The number of piperidine rings is 1. The predicted molar refractivity (Wildman–Crippen MR) is 76.5 cm³/mol. The van der Waals surface area contributed by atoms with E-state index in [1.54, 1.807) is 22.5 Å². The van der Waals surface area contributed by atoms with Crippen LogP contribution in [0.5, 0.6) is 5.75 Å². The van der Waals surface area contributed by atoms with Crippen molar-refractivity contribution in [2.45, 2.75) is 30.2 Å². The lowest BCUT2D eigenvalue weighted by atomic mass is 10.1. The zero-order valence-electron chi connectivity index (χ0n) is 11.6. The molecule has 6 heteroatoms. The molecule has 2 heterocycles. The normalized spacial score (nSPS) is 20.6. The maximum atomic E-state index is 12.6. The molecule has 3 rings (SSSR count). The molecule has 0 bridgehead atoms. The van der Waals surface area contributed by atoms with E-state index in [2.05, 4.69) is 5.32 Å². The third-order valence-corrected chi connectivity index (χ3v) is 6.06. The monoisotopic (exact) mass is 296 g/mol. The quantitative estimate of drug-likeness (QED) is 0.904. The first-order chi connectivity index (χ1) is 9.61. The third kappa shape index (κ3) is 2.43. The van der Waals surface area contributed by atoms with E-state index in [4.69, 9.17) is 4.74 Å². The molecule has 0 atom stereocenters. The Labute approximate surface area is 120 Å². The van der Waals surface area contributed by atoms with Crippen molar-refractivity contribution in [1.29, 1.82) is 0 Å². The zero-order chi connectivity index (χ0) is 14.2. The highest BCUT2D eigenvalue weighted by molar-refractivity contribution is 7.89. The topological polar surface area (TPSA) is 58.6 Å². The van der Waals surface area contributed by atoms with Crippen molar-refractivity contribution >= 4 is 10.0 Å². The average molecular weight is 296 g/mol. The van der Waals surface area contributed by atoms with Crippen LogP contribution in [0.4, 0.5) is 0 Å². The van der Waals surface area contributed by atoms with Crippen LogP contribution >= 0.6 is 0 Å². The number of ether oxygens (including phenoxy) is 1. The lowest BCUT2D eigenvalue weighted by molar-refractivity contribution is 0.298. The summed E-state index contributed by atoms with van der Waals surface area (Å²) < 4.78 is 32.3. The predicted octanol–water partition coefficient (Wildman–Crippen LogP) is 0.994. The molecular formula is C14H20N2O3S. The molecule has 110 valence electrons.